The lowest BCUT2D eigenvalue weighted by atomic mass is 10.2. The van der Waals surface area contributed by atoms with Gasteiger partial charge in [0.05, 0.1) is 16.9 Å². The van der Waals surface area contributed by atoms with E-state index in [9.17, 15) is 4.79 Å². The van der Waals surface area contributed by atoms with Crippen LogP contribution >= 0.6 is 11.6 Å². The molecule has 0 saturated carbocycles. The average molecular weight is 315 g/mol. The smallest absolute Gasteiger partial charge is 0.267 e. The largest absolute Gasteiger partial charge is 0.356 e. The van der Waals surface area contributed by atoms with E-state index in [1.807, 2.05) is 47.4 Å². The zero-order valence-corrected chi connectivity index (χ0v) is 12.5. The molecule has 22 heavy (non-hydrogen) atoms. The van der Waals surface area contributed by atoms with Gasteiger partial charge in [0.25, 0.3) is 5.91 Å². The number of amides is 1. The molecular weight excluding hydrogens is 300 g/mol. The molecule has 3 aromatic rings. The molecule has 1 aromatic carbocycles. The number of hydrogen-bond donors (Lipinski definition) is 2. The van der Waals surface area contributed by atoms with Gasteiger partial charge in [-0.25, -0.2) is 4.68 Å². The molecule has 0 radical (unpaired) electrons. The molecule has 1 amide bonds. The van der Waals surface area contributed by atoms with Crippen molar-refractivity contribution in [1.82, 2.24) is 20.1 Å². The van der Waals surface area contributed by atoms with Crippen molar-refractivity contribution in [2.24, 2.45) is 0 Å². The van der Waals surface area contributed by atoms with E-state index in [0.29, 0.717) is 23.7 Å². The van der Waals surface area contributed by atoms with Gasteiger partial charge in [0, 0.05) is 18.9 Å². The second-order valence-corrected chi connectivity index (χ2v) is 5.30. The summed E-state index contributed by atoms with van der Waals surface area (Å²) in [6.45, 7) is 0.538. The molecule has 2 heterocycles. The van der Waals surface area contributed by atoms with Gasteiger partial charge in [0.15, 0.2) is 0 Å². The van der Waals surface area contributed by atoms with Crippen LogP contribution in [-0.4, -0.2) is 27.2 Å². The fourth-order valence-corrected chi connectivity index (χ4v) is 2.29. The molecule has 0 aliphatic carbocycles. The van der Waals surface area contributed by atoms with Gasteiger partial charge in [-0.3, -0.25) is 4.79 Å². The number of rotatable bonds is 5. The Labute approximate surface area is 132 Å². The summed E-state index contributed by atoms with van der Waals surface area (Å²) in [6.07, 6.45) is 6.07. The minimum absolute atomic E-state index is 0.164. The highest BCUT2D eigenvalue weighted by atomic mass is 35.5. The minimum atomic E-state index is -0.164. The van der Waals surface area contributed by atoms with Gasteiger partial charge in [-0.2, -0.15) is 5.10 Å². The molecule has 2 N–H and O–H groups in total. The Morgan fingerprint density at radius 2 is 2.14 bits per heavy atom. The predicted molar refractivity (Wildman–Crippen MR) is 85.4 cm³/mol. The number of hydrogen-bond acceptors (Lipinski definition) is 2. The summed E-state index contributed by atoms with van der Waals surface area (Å²) in [5.74, 6) is -0.164. The monoisotopic (exact) mass is 314 g/mol. The fourth-order valence-electron chi connectivity index (χ4n) is 2.13. The van der Waals surface area contributed by atoms with Crippen molar-refractivity contribution in [2.45, 2.75) is 6.42 Å². The molecule has 2 aromatic heterocycles. The van der Waals surface area contributed by atoms with Gasteiger partial charge in [0.1, 0.15) is 5.69 Å². The molecule has 0 saturated heterocycles. The Hall–Kier alpha value is -2.53. The topological polar surface area (TPSA) is 62.7 Å². The number of nitrogens with zero attached hydrogens (tertiary/aromatic N) is 2. The summed E-state index contributed by atoms with van der Waals surface area (Å²) in [4.78, 5) is 14.7. The van der Waals surface area contributed by atoms with E-state index in [0.717, 1.165) is 11.3 Å². The third kappa shape index (κ3) is 3.38. The van der Waals surface area contributed by atoms with Gasteiger partial charge in [-0.1, -0.05) is 29.8 Å². The Bertz CT molecular complexity index is 763. The normalized spacial score (nSPS) is 10.6. The summed E-state index contributed by atoms with van der Waals surface area (Å²) in [7, 11) is 0. The Morgan fingerprint density at radius 3 is 2.86 bits per heavy atom. The first-order chi connectivity index (χ1) is 10.7. The molecule has 0 aliphatic rings. The second-order valence-electron chi connectivity index (χ2n) is 4.87. The maximum Gasteiger partial charge on any atom is 0.267 e. The van der Waals surface area contributed by atoms with Crippen molar-refractivity contribution >= 4 is 17.5 Å². The quantitative estimate of drug-likeness (QED) is 0.760. The molecule has 3 rings (SSSR count). The Kier molecular flexibility index (Phi) is 4.25. The Balaban J connectivity index is 1.54. The van der Waals surface area contributed by atoms with Gasteiger partial charge in [0.2, 0.25) is 0 Å². The standard InChI is InChI=1S/C16H15ClN4O/c17-13-8-15(19-10-13)16(22)18-7-6-12-9-20-21(11-12)14-4-2-1-3-5-14/h1-5,8-11,19H,6-7H2,(H,18,22). The van der Waals surface area contributed by atoms with E-state index < -0.39 is 0 Å². The molecule has 0 atom stereocenters. The van der Waals surface area contributed by atoms with E-state index in [2.05, 4.69) is 15.4 Å². The van der Waals surface area contributed by atoms with Crippen LogP contribution in [0.5, 0.6) is 0 Å². The number of H-pyrrole nitrogens is 1. The molecular formula is C16H15ClN4O. The second kappa shape index (κ2) is 6.49. The summed E-state index contributed by atoms with van der Waals surface area (Å²) in [5.41, 5.74) is 2.54. The van der Waals surface area contributed by atoms with Crippen LogP contribution < -0.4 is 5.32 Å². The highest BCUT2D eigenvalue weighted by molar-refractivity contribution is 6.30. The third-order valence-electron chi connectivity index (χ3n) is 3.25. The van der Waals surface area contributed by atoms with Crippen LogP contribution in [0.1, 0.15) is 16.1 Å². The van der Waals surface area contributed by atoms with Crippen LogP contribution in [0, 0.1) is 0 Å². The summed E-state index contributed by atoms with van der Waals surface area (Å²) >= 11 is 5.77. The van der Waals surface area contributed by atoms with Crippen molar-refractivity contribution < 1.29 is 4.79 Å². The number of aromatic nitrogens is 3. The fraction of sp³-hybridized carbons (Fsp3) is 0.125. The maximum atomic E-state index is 11.9. The molecule has 6 heteroatoms. The number of benzene rings is 1. The maximum absolute atomic E-state index is 11.9. The van der Waals surface area contributed by atoms with Crippen LogP contribution in [0.25, 0.3) is 5.69 Å². The van der Waals surface area contributed by atoms with Crippen molar-refractivity contribution in [2.75, 3.05) is 6.54 Å². The van der Waals surface area contributed by atoms with Crippen LogP contribution in [0.4, 0.5) is 0 Å². The molecule has 5 nitrogen and oxygen atoms in total. The third-order valence-corrected chi connectivity index (χ3v) is 3.47. The molecule has 0 unspecified atom stereocenters. The van der Waals surface area contributed by atoms with Crippen LogP contribution in [-0.2, 0) is 6.42 Å². The van der Waals surface area contributed by atoms with Crippen LogP contribution in [0.2, 0.25) is 5.02 Å². The molecule has 0 bridgehead atoms. The van der Waals surface area contributed by atoms with E-state index in [4.69, 9.17) is 11.6 Å². The van der Waals surface area contributed by atoms with E-state index >= 15 is 0 Å². The number of halogens is 1. The molecule has 0 aliphatic heterocycles. The zero-order valence-electron chi connectivity index (χ0n) is 11.8. The first-order valence-corrected chi connectivity index (χ1v) is 7.31. The van der Waals surface area contributed by atoms with E-state index in [1.54, 1.807) is 12.3 Å². The SMILES string of the molecule is O=C(NCCc1cnn(-c2ccccc2)c1)c1cc(Cl)c[nH]1. The predicted octanol–water partition coefficient (Wildman–Crippen LogP) is 2.83. The minimum Gasteiger partial charge on any atom is -0.356 e. The van der Waals surface area contributed by atoms with Gasteiger partial charge < -0.3 is 10.3 Å². The zero-order chi connectivity index (χ0) is 15.4. The molecule has 112 valence electrons. The summed E-state index contributed by atoms with van der Waals surface area (Å²) in [6, 6.07) is 11.5. The number of aromatic amines is 1. The lowest BCUT2D eigenvalue weighted by Gasteiger charge is -2.02. The molecule has 0 spiro atoms. The highest BCUT2D eigenvalue weighted by Gasteiger charge is 2.07. The summed E-state index contributed by atoms with van der Waals surface area (Å²) < 4.78 is 1.82. The highest BCUT2D eigenvalue weighted by Crippen LogP contribution is 2.10. The lowest BCUT2D eigenvalue weighted by molar-refractivity contribution is 0.0950. The van der Waals surface area contributed by atoms with Gasteiger partial charge >= 0.3 is 0 Å². The number of carbonyl (C=O) groups is 1. The van der Waals surface area contributed by atoms with Crippen molar-refractivity contribution in [3.63, 3.8) is 0 Å². The molecule has 0 fully saturated rings. The first kappa shape index (κ1) is 14.4. The number of carbonyl (C=O) groups excluding carboxylic acids is 1. The van der Waals surface area contributed by atoms with E-state index in [1.165, 1.54) is 0 Å². The number of para-hydroxylation sites is 1. The van der Waals surface area contributed by atoms with Gasteiger partial charge in [-0.05, 0) is 30.2 Å². The van der Waals surface area contributed by atoms with Crippen LogP contribution in [0.15, 0.2) is 55.0 Å². The average Bonchev–Trinajstić information content (AvgIpc) is 3.17. The summed E-state index contributed by atoms with van der Waals surface area (Å²) in [5, 5.41) is 7.69. The number of nitrogens with one attached hydrogen (secondary N) is 2. The first-order valence-electron chi connectivity index (χ1n) is 6.93. The van der Waals surface area contributed by atoms with Crippen molar-refractivity contribution in [3.8, 4) is 5.69 Å². The van der Waals surface area contributed by atoms with E-state index in [-0.39, 0.29) is 5.91 Å². The van der Waals surface area contributed by atoms with Crippen molar-refractivity contribution in [3.05, 3.63) is 71.3 Å². The Morgan fingerprint density at radius 1 is 1.32 bits per heavy atom. The van der Waals surface area contributed by atoms with Crippen molar-refractivity contribution in [1.29, 1.82) is 0 Å². The lowest BCUT2D eigenvalue weighted by Crippen LogP contribution is -2.25. The van der Waals surface area contributed by atoms with Gasteiger partial charge in [-0.15, -0.1) is 0 Å². The van der Waals surface area contributed by atoms with Crippen LogP contribution in [0.3, 0.4) is 0 Å².